The SMILES string of the molecule is Cc1cc(N)cc(S(=O)(=O)NCCCCCCC(C)C)c1. The van der Waals surface area contributed by atoms with Crippen molar-refractivity contribution in [1.29, 1.82) is 0 Å². The molecule has 0 saturated heterocycles. The monoisotopic (exact) mass is 312 g/mol. The Morgan fingerprint density at radius 3 is 2.38 bits per heavy atom. The van der Waals surface area contributed by atoms with E-state index >= 15 is 0 Å². The number of aryl methyl sites for hydroxylation is 1. The van der Waals surface area contributed by atoms with Crippen molar-refractivity contribution in [2.45, 2.75) is 57.8 Å². The highest BCUT2D eigenvalue weighted by atomic mass is 32.2. The molecule has 0 bridgehead atoms. The first-order valence-electron chi connectivity index (χ1n) is 7.68. The van der Waals surface area contributed by atoms with Crippen molar-refractivity contribution in [3.63, 3.8) is 0 Å². The Morgan fingerprint density at radius 2 is 1.76 bits per heavy atom. The lowest BCUT2D eigenvalue weighted by Crippen LogP contribution is -2.25. The second-order valence-electron chi connectivity index (χ2n) is 6.07. The summed E-state index contributed by atoms with van der Waals surface area (Å²) in [6, 6.07) is 4.90. The lowest BCUT2D eigenvalue weighted by atomic mass is 10.0. The molecule has 0 aliphatic heterocycles. The number of hydrogen-bond acceptors (Lipinski definition) is 3. The van der Waals surface area contributed by atoms with E-state index < -0.39 is 10.0 Å². The Labute approximate surface area is 129 Å². The van der Waals surface area contributed by atoms with Gasteiger partial charge in [-0.15, -0.1) is 0 Å². The summed E-state index contributed by atoms with van der Waals surface area (Å²) in [5.41, 5.74) is 7.02. The number of sulfonamides is 1. The van der Waals surface area contributed by atoms with Gasteiger partial charge < -0.3 is 5.73 Å². The third kappa shape index (κ3) is 6.96. The van der Waals surface area contributed by atoms with Gasteiger partial charge in [-0.05, 0) is 43.0 Å². The molecule has 0 atom stereocenters. The molecule has 1 rings (SSSR count). The summed E-state index contributed by atoms with van der Waals surface area (Å²) >= 11 is 0. The summed E-state index contributed by atoms with van der Waals surface area (Å²) in [5.74, 6) is 0.746. The number of unbranched alkanes of at least 4 members (excludes halogenated alkanes) is 3. The molecule has 4 nitrogen and oxygen atoms in total. The Hall–Kier alpha value is -1.07. The van der Waals surface area contributed by atoms with Crippen molar-refractivity contribution >= 4 is 15.7 Å². The molecule has 0 aliphatic carbocycles. The first kappa shape index (κ1) is 18.0. The van der Waals surface area contributed by atoms with Crippen LogP contribution in [0.15, 0.2) is 23.1 Å². The predicted molar refractivity (Wildman–Crippen MR) is 88.7 cm³/mol. The molecule has 1 aromatic carbocycles. The number of hydrogen-bond donors (Lipinski definition) is 2. The van der Waals surface area contributed by atoms with Gasteiger partial charge in [0.25, 0.3) is 0 Å². The smallest absolute Gasteiger partial charge is 0.240 e. The molecule has 21 heavy (non-hydrogen) atoms. The van der Waals surface area contributed by atoms with Crippen LogP contribution in [-0.4, -0.2) is 15.0 Å². The molecule has 0 fully saturated rings. The minimum absolute atomic E-state index is 0.250. The number of nitrogens with one attached hydrogen (secondary N) is 1. The van der Waals surface area contributed by atoms with E-state index in [1.807, 2.05) is 6.92 Å². The van der Waals surface area contributed by atoms with Crippen molar-refractivity contribution in [3.05, 3.63) is 23.8 Å². The molecule has 0 heterocycles. The van der Waals surface area contributed by atoms with Crippen LogP contribution in [0.25, 0.3) is 0 Å². The number of nitrogens with two attached hydrogens (primary N) is 1. The van der Waals surface area contributed by atoms with Crippen LogP contribution in [0, 0.1) is 12.8 Å². The zero-order chi connectivity index (χ0) is 15.9. The summed E-state index contributed by atoms with van der Waals surface area (Å²) in [4.78, 5) is 0.250. The standard InChI is InChI=1S/C16H28N2O2S/c1-13(2)8-6-4-5-7-9-18-21(19,20)16-11-14(3)10-15(17)12-16/h10-13,18H,4-9,17H2,1-3H3. The van der Waals surface area contributed by atoms with Gasteiger partial charge in [0.1, 0.15) is 0 Å². The average Bonchev–Trinajstić information content (AvgIpc) is 2.36. The zero-order valence-corrected chi connectivity index (χ0v) is 14.2. The summed E-state index contributed by atoms with van der Waals surface area (Å²) < 4.78 is 26.9. The maximum absolute atomic E-state index is 12.1. The van der Waals surface area contributed by atoms with E-state index in [-0.39, 0.29) is 4.90 Å². The van der Waals surface area contributed by atoms with E-state index in [9.17, 15) is 8.42 Å². The van der Waals surface area contributed by atoms with Gasteiger partial charge in [0.2, 0.25) is 10.0 Å². The van der Waals surface area contributed by atoms with E-state index in [2.05, 4.69) is 18.6 Å². The highest BCUT2D eigenvalue weighted by Gasteiger charge is 2.14. The molecule has 0 radical (unpaired) electrons. The van der Waals surface area contributed by atoms with E-state index in [1.54, 1.807) is 12.1 Å². The van der Waals surface area contributed by atoms with Crippen molar-refractivity contribution in [2.24, 2.45) is 5.92 Å². The first-order chi connectivity index (χ1) is 9.81. The van der Waals surface area contributed by atoms with E-state index in [1.165, 1.54) is 18.9 Å². The molecule has 0 aliphatic rings. The van der Waals surface area contributed by atoms with Crippen LogP contribution in [0.3, 0.4) is 0 Å². The van der Waals surface area contributed by atoms with Crippen LogP contribution >= 0.6 is 0 Å². The maximum Gasteiger partial charge on any atom is 0.240 e. The Kier molecular flexibility index (Phi) is 7.18. The molecule has 3 N–H and O–H groups in total. The summed E-state index contributed by atoms with van der Waals surface area (Å²) in [7, 11) is -3.44. The van der Waals surface area contributed by atoms with Gasteiger partial charge in [-0.2, -0.15) is 0 Å². The lowest BCUT2D eigenvalue weighted by molar-refractivity contribution is 0.517. The fourth-order valence-corrected chi connectivity index (χ4v) is 3.46. The zero-order valence-electron chi connectivity index (χ0n) is 13.4. The first-order valence-corrected chi connectivity index (χ1v) is 9.16. The van der Waals surface area contributed by atoms with Crippen molar-refractivity contribution in [1.82, 2.24) is 4.72 Å². The molecular formula is C16H28N2O2S. The second kappa shape index (κ2) is 8.39. The number of nitrogen functional groups attached to an aromatic ring is 1. The Bertz CT molecular complexity index is 519. The third-order valence-electron chi connectivity index (χ3n) is 3.38. The number of rotatable bonds is 9. The summed E-state index contributed by atoms with van der Waals surface area (Å²) in [6.07, 6.45) is 5.56. The van der Waals surface area contributed by atoms with Gasteiger partial charge in [0.15, 0.2) is 0 Å². The minimum Gasteiger partial charge on any atom is -0.399 e. The van der Waals surface area contributed by atoms with Gasteiger partial charge in [-0.1, -0.05) is 39.5 Å². The molecule has 120 valence electrons. The molecule has 0 amide bonds. The fourth-order valence-electron chi connectivity index (χ4n) is 2.25. The van der Waals surface area contributed by atoms with E-state index in [4.69, 9.17) is 5.73 Å². The fraction of sp³-hybridized carbons (Fsp3) is 0.625. The molecule has 1 aromatic rings. The molecular weight excluding hydrogens is 284 g/mol. The molecule has 5 heteroatoms. The number of anilines is 1. The lowest BCUT2D eigenvalue weighted by Gasteiger charge is -2.09. The maximum atomic E-state index is 12.1. The highest BCUT2D eigenvalue weighted by Crippen LogP contribution is 2.16. The number of benzene rings is 1. The van der Waals surface area contributed by atoms with E-state index in [0.29, 0.717) is 12.2 Å². The largest absolute Gasteiger partial charge is 0.399 e. The van der Waals surface area contributed by atoms with Crippen molar-refractivity contribution in [3.8, 4) is 0 Å². The molecule has 0 aromatic heterocycles. The van der Waals surface area contributed by atoms with Gasteiger partial charge in [0, 0.05) is 12.2 Å². The average molecular weight is 312 g/mol. The molecule has 0 saturated carbocycles. The van der Waals surface area contributed by atoms with Gasteiger partial charge in [-0.3, -0.25) is 0 Å². The summed E-state index contributed by atoms with van der Waals surface area (Å²) in [6.45, 7) is 6.77. The molecule has 0 unspecified atom stereocenters. The molecule has 0 spiro atoms. The van der Waals surface area contributed by atoms with Crippen LogP contribution in [-0.2, 0) is 10.0 Å². The van der Waals surface area contributed by atoms with Gasteiger partial charge in [0.05, 0.1) is 4.90 Å². The van der Waals surface area contributed by atoms with Crippen LogP contribution in [0.4, 0.5) is 5.69 Å². The van der Waals surface area contributed by atoms with Crippen LogP contribution in [0.1, 0.15) is 51.5 Å². The van der Waals surface area contributed by atoms with Crippen LogP contribution in [0.2, 0.25) is 0 Å². The van der Waals surface area contributed by atoms with Gasteiger partial charge >= 0.3 is 0 Å². The second-order valence-corrected chi connectivity index (χ2v) is 7.84. The minimum atomic E-state index is -3.44. The van der Waals surface area contributed by atoms with Gasteiger partial charge in [-0.25, -0.2) is 13.1 Å². The van der Waals surface area contributed by atoms with Crippen molar-refractivity contribution in [2.75, 3.05) is 12.3 Å². The van der Waals surface area contributed by atoms with Crippen molar-refractivity contribution < 1.29 is 8.42 Å². The highest BCUT2D eigenvalue weighted by molar-refractivity contribution is 7.89. The van der Waals surface area contributed by atoms with Crippen LogP contribution in [0.5, 0.6) is 0 Å². The predicted octanol–water partition coefficient (Wildman–Crippen LogP) is 3.46. The van der Waals surface area contributed by atoms with E-state index in [0.717, 1.165) is 30.7 Å². The summed E-state index contributed by atoms with van der Waals surface area (Å²) in [5, 5.41) is 0. The van der Waals surface area contributed by atoms with Crippen LogP contribution < -0.4 is 10.5 Å². The Balaban J connectivity index is 2.36. The topological polar surface area (TPSA) is 72.2 Å². The third-order valence-corrected chi connectivity index (χ3v) is 4.82. The Morgan fingerprint density at radius 1 is 1.10 bits per heavy atom. The quantitative estimate of drug-likeness (QED) is 0.542. The normalized spacial score (nSPS) is 12.0.